The van der Waals surface area contributed by atoms with Gasteiger partial charge in [0.05, 0.1) is 0 Å². The molecule has 1 N–H and O–H groups in total. The van der Waals surface area contributed by atoms with Crippen LogP contribution in [0.25, 0.3) is 0 Å². The lowest BCUT2D eigenvalue weighted by atomic mass is 10.1. The van der Waals surface area contributed by atoms with Crippen molar-refractivity contribution in [3.8, 4) is 0 Å². The summed E-state index contributed by atoms with van der Waals surface area (Å²) in [5.74, 6) is 0. The predicted molar refractivity (Wildman–Crippen MR) is 49.4 cm³/mol. The highest BCUT2D eigenvalue weighted by Crippen LogP contribution is 2.31. The van der Waals surface area contributed by atoms with Gasteiger partial charge in [-0.1, -0.05) is 6.92 Å². The first-order chi connectivity index (χ1) is 6.06. The Bertz CT molecular complexity index is 283. The van der Waals surface area contributed by atoms with Crippen molar-refractivity contribution in [3.63, 3.8) is 0 Å². The quantitative estimate of drug-likeness (QED) is 0.806. The maximum absolute atomic E-state index is 12.2. The minimum atomic E-state index is -2.69. The number of aliphatic hydroxyl groups excluding tert-OH is 1. The van der Waals surface area contributed by atoms with Gasteiger partial charge in [0.15, 0.2) is 0 Å². The number of rotatable bonds is 3. The molecule has 0 spiro atoms. The van der Waals surface area contributed by atoms with Crippen LogP contribution < -0.4 is 0 Å². The van der Waals surface area contributed by atoms with E-state index in [1.165, 1.54) is 11.3 Å². The highest BCUT2D eigenvalue weighted by atomic mass is 32.1. The Morgan fingerprint density at radius 2 is 2.15 bits per heavy atom. The number of aliphatic hydroxyl groups is 1. The van der Waals surface area contributed by atoms with Gasteiger partial charge < -0.3 is 5.11 Å². The smallest absolute Gasteiger partial charge is 0.269 e. The van der Waals surface area contributed by atoms with E-state index in [1.54, 1.807) is 0 Å². The molecule has 0 bridgehead atoms. The zero-order chi connectivity index (χ0) is 10.0. The summed E-state index contributed by atoms with van der Waals surface area (Å²) in [5, 5.41) is 9.18. The SMILES string of the molecule is CCc1cc(C)sc1C(O)C(F)F. The molecular weight excluding hydrogens is 194 g/mol. The van der Waals surface area contributed by atoms with Crippen molar-refractivity contribution in [1.82, 2.24) is 0 Å². The standard InChI is InChI=1S/C9H12F2OS/c1-3-6-4-5(2)13-8(6)7(12)9(10)11/h4,7,9,12H,3H2,1-2H3. The molecule has 0 aromatic carbocycles. The van der Waals surface area contributed by atoms with Gasteiger partial charge in [0.2, 0.25) is 0 Å². The Hall–Kier alpha value is -0.480. The molecule has 1 unspecified atom stereocenters. The number of hydrogen-bond acceptors (Lipinski definition) is 2. The molecule has 74 valence electrons. The molecule has 0 amide bonds. The lowest BCUT2D eigenvalue weighted by Crippen LogP contribution is -2.07. The van der Waals surface area contributed by atoms with Crippen molar-refractivity contribution < 1.29 is 13.9 Å². The van der Waals surface area contributed by atoms with Crippen LogP contribution in [0.5, 0.6) is 0 Å². The monoisotopic (exact) mass is 206 g/mol. The number of alkyl halides is 2. The Morgan fingerprint density at radius 3 is 2.62 bits per heavy atom. The molecule has 0 fully saturated rings. The summed E-state index contributed by atoms with van der Waals surface area (Å²) in [7, 11) is 0. The van der Waals surface area contributed by atoms with Crippen molar-refractivity contribution in [3.05, 3.63) is 21.4 Å². The molecular formula is C9H12F2OS. The van der Waals surface area contributed by atoms with Crippen molar-refractivity contribution in [2.75, 3.05) is 0 Å². The molecule has 0 aliphatic carbocycles. The average Bonchev–Trinajstić information content (AvgIpc) is 2.45. The molecule has 0 aliphatic heterocycles. The van der Waals surface area contributed by atoms with Gasteiger partial charge in [-0.3, -0.25) is 0 Å². The van der Waals surface area contributed by atoms with Gasteiger partial charge in [0.1, 0.15) is 6.10 Å². The summed E-state index contributed by atoms with van der Waals surface area (Å²) >= 11 is 1.25. The Balaban J connectivity index is 2.98. The molecule has 1 aromatic heterocycles. The van der Waals surface area contributed by atoms with E-state index in [-0.39, 0.29) is 0 Å². The molecule has 0 aliphatic rings. The second-order valence-electron chi connectivity index (χ2n) is 2.88. The fraction of sp³-hybridized carbons (Fsp3) is 0.556. The van der Waals surface area contributed by atoms with Crippen molar-refractivity contribution in [1.29, 1.82) is 0 Å². The van der Waals surface area contributed by atoms with Gasteiger partial charge in [-0.05, 0) is 25.0 Å². The van der Waals surface area contributed by atoms with Gasteiger partial charge >= 0.3 is 0 Å². The molecule has 0 saturated heterocycles. The molecule has 1 heterocycles. The second kappa shape index (κ2) is 4.15. The van der Waals surface area contributed by atoms with Crippen molar-refractivity contribution >= 4 is 11.3 Å². The topological polar surface area (TPSA) is 20.2 Å². The zero-order valence-corrected chi connectivity index (χ0v) is 8.37. The largest absolute Gasteiger partial charge is 0.382 e. The summed E-state index contributed by atoms with van der Waals surface area (Å²) < 4.78 is 24.4. The van der Waals surface area contributed by atoms with Gasteiger partial charge in [-0.15, -0.1) is 11.3 Å². The normalized spacial score (nSPS) is 13.7. The van der Waals surface area contributed by atoms with E-state index in [2.05, 4.69) is 0 Å². The molecule has 0 saturated carbocycles. The summed E-state index contributed by atoms with van der Waals surface area (Å²) in [6.07, 6.45) is -3.62. The molecule has 1 nitrogen and oxygen atoms in total. The lowest BCUT2D eigenvalue weighted by Gasteiger charge is -2.08. The van der Waals surface area contributed by atoms with Crippen LogP contribution in [0, 0.1) is 6.92 Å². The Kier molecular flexibility index (Phi) is 3.39. The molecule has 1 atom stereocenters. The van der Waals surface area contributed by atoms with Gasteiger partial charge in [0.25, 0.3) is 6.43 Å². The van der Waals surface area contributed by atoms with Crippen LogP contribution in [-0.2, 0) is 6.42 Å². The average molecular weight is 206 g/mol. The fourth-order valence-corrected chi connectivity index (χ4v) is 2.33. The zero-order valence-electron chi connectivity index (χ0n) is 7.55. The van der Waals surface area contributed by atoms with E-state index in [4.69, 9.17) is 0 Å². The first-order valence-corrected chi connectivity index (χ1v) is 4.93. The Morgan fingerprint density at radius 1 is 1.54 bits per heavy atom. The minimum Gasteiger partial charge on any atom is -0.382 e. The first-order valence-electron chi connectivity index (χ1n) is 4.11. The van der Waals surface area contributed by atoms with Crippen LogP contribution in [-0.4, -0.2) is 11.5 Å². The molecule has 1 aromatic rings. The summed E-state index contributed by atoms with van der Waals surface area (Å²) in [4.78, 5) is 1.38. The highest BCUT2D eigenvalue weighted by molar-refractivity contribution is 7.12. The molecule has 4 heteroatoms. The third kappa shape index (κ3) is 2.25. The van der Waals surface area contributed by atoms with E-state index in [1.807, 2.05) is 19.9 Å². The van der Waals surface area contributed by atoms with E-state index in [0.29, 0.717) is 11.3 Å². The third-order valence-electron chi connectivity index (χ3n) is 1.85. The van der Waals surface area contributed by atoms with Crippen LogP contribution in [0.3, 0.4) is 0 Å². The van der Waals surface area contributed by atoms with Crippen molar-refractivity contribution in [2.24, 2.45) is 0 Å². The fourth-order valence-electron chi connectivity index (χ4n) is 1.23. The maximum atomic E-state index is 12.2. The van der Waals surface area contributed by atoms with Crippen LogP contribution in [0.15, 0.2) is 6.07 Å². The van der Waals surface area contributed by atoms with Gasteiger partial charge in [-0.2, -0.15) is 0 Å². The van der Waals surface area contributed by atoms with E-state index < -0.39 is 12.5 Å². The summed E-state index contributed by atoms with van der Waals surface area (Å²) in [6, 6.07) is 1.85. The first kappa shape index (κ1) is 10.6. The van der Waals surface area contributed by atoms with E-state index >= 15 is 0 Å². The number of aryl methyl sites for hydroxylation is 2. The molecule has 13 heavy (non-hydrogen) atoms. The molecule has 0 radical (unpaired) electrons. The highest BCUT2D eigenvalue weighted by Gasteiger charge is 2.23. The molecule has 1 rings (SSSR count). The van der Waals surface area contributed by atoms with Crippen molar-refractivity contribution in [2.45, 2.75) is 32.8 Å². The predicted octanol–water partition coefficient (Wildman–Crippen LogP) is 2.92. The maximum Gasteiger partial charge on any atom is 0.269 e. The number of hydrogen-bond donors (Lipinski definition) is 1. The van der Waals surface area contributed by atoms with Crippen LogP contribution in [0.1, 0.15) is 28.3 Å². The van der Waals surface area contributed by atoms with E-state index in [9.17, 15) is 13.9 Å². The summed E-state index contributed by atoms with van der Waals surface area (Å²) in [6.45, 7) is 3.74. The Labute approximate surface area is 80.0 Å². The summed E-state index contributed by atoms with van der Waals surface area (Å²) in [5.41, 5.74) is 0.829. The van der Waals surface area contributed by atoms with E-state index in [0.717, 1.165) is 10.4 Å². The van der Waals surface area contributed by atoms with Crippen LogP contribution in [0.4, 0.5) is 8.78 Å². The van der Waals surface area contributed by atoms with Gasteiger partial charge in [-0.25, -0.2) is 8.78 Å². The second-order valence-corrected chi connectivity index (χ2v) is 4.17. The van der Waals surface area contributed by atoms with Crippen LogP contribution >= 0.6 is 11.3 Å². The minimum absolute atomic E-state index is 0.412. The number of thiophene rings is 1. The number of halogens is 2. The van der Waals surface area contributed by atoms with Crippen LogP contribution in [0.2, 0.25) is 0 Å². The lowest BCUT2D eigenvalue weighted by molar-refractivity contribution is -0.00411. The van der Waals surface area contributed by atoms with Gasteiger partial charge in [0, 0.05) is 9.75 Å². The third-order valence-corrected chi connectivity index (χ3v) is 3.02.